The Morgan fingerprint density at radius 2 is 0.622 bits per heavy atom. The molecule has 4 unspecified atom stereocenters. The fraction of sp³-hybridized carbons (Fsp3) is 0.840. The van der Waals surface area contributed by atoms with E-state index >= 15 is 0 Å². The van der Waals surface area contributed by atoms with E-state index in [1.165, 1.54) is 0 Å². The summed E-state index contributed by atoms with van der Waals surface area (Å²) in [6, 6.07) is -3.71. The Labute approximate surface area is 220 Å². The van der Waals surface area contributed by atoms with Crippen LogP contribution in [0.15, 0.2) is 0 Å². The average Bonchev–Trinajstić information content (AvgIpc) is 2.84. The molecule has 0 rings (SSSR count). The summed E-state index contributed by atoms with van der Waals surface area (Å²) in [6.45, 7) is 12.2. The Hall–Kier alpha value is -2.28. The SMILES string of the molecule is CC(C)C(N)C(=O)OCC(COC(=O)C(N)C(C)C)(COC(=O)C(N)C(C)C)COC(=O)C(N)C(C)C. The van der Waals surface area contributed by atoms with E-state index in [0.29, 0.717) is 0 Å². The third-order valence-corrected chi connectivity index (χ3v) is 6.04. The van der Waals surface area contributed by atoms with Crippen LogP contribution in [0.25, 0.3) is 0 Å². The van der Waals surface area contributed by atoms with Crippen LogP contribution < -0.4 is 22.9 Å². The molecule has 0 bridgehead atoms. The fourth-order valence-corrected chi connectivity index (χ4v) is 2.62. The lowest BCUT2D eigenvalue weighted by molar-refractivity contribution is -0.173. The number of esters is 4. The Balaban J connectivity index is 6.06. The zero-order chi connectivity index (χ0) is 29.1. The summed E-state index contributed by atoms with van der Waals surface area (Å²) in [5.74, 6) is -3.75. The van der Waals surface area contributed by atoms with Gasteiger partial charge in [0.15, 0.2) is 0 Å². The van der Waals surface area contributed by atoms with Gasteiger partial charge in [0.25, 0.3) is 0 Å². The van der Waals surface area contributed by atoms with Crippen molar-refractivity contribution < 1.29 is 38.1 Å². The molecule has 0 heterocycles. The van der Waals surface area contributed by atoms with Crippen molar-refractivity contribution in [1.29, 1.82) is 0 Å². The third kappa shape index (κ3) is 11.8. The van der Waals surface area contributed by atoms with Crippen LogP contribution >= 0.6 is 0 Å². The maximum Gasteiger partial charge on any atom is 0.323 e. The molecule has 0 radical (unpaired) electrons. The van der Waals surface area contributed by atoms with Crippen LogP contribution in [0.3, 0.4) is 0 Å². The second-order valence-corrected chi connectivity index (χ2v) is 11.0. The molecule has 12 nitrogen and oxygen atoms in total. The molecule has 0 aromatic rings. The van der Waals surface area contributed by atoms with E-state index in [4.69, 9.17) is 41.9 Å². The maximum atomic E-state index is 12.5. The molecule has 216 valence electrons. The Bertz CT molecular complexity index is 631. The van der Waals surface area contributed by atoms with Crippen LogP contribution in [0.5, 0.6) is 0 Å². The first-order chi connectivity index (χ1) is 17.0. The van der Waals surface area contributed by atoms with Crippen LogP contribution in [-0.4, -0.2) is 74.5 Å². The lowest BCUT2D eigenvalue weighted by Gasteiger charge is -2.33. The quantitative estimate of drug-likeness (QED) is 0.154. The zero-order valence-electron chi connectivity index (χ0n) is 23.5. The average molecular weight is 533 g/mol. The summed E-state index contributed by atoms with van der Waals surface area (Å²) in [4.78, 5) is 50.0. The van der Waals surface area contributed by atoms with Crippen molar-refractivity contribution in [2.45, 2.75) is 79.6 Å². The summed E-state index contributed by atoms with van der Waals surface area (Å²) in [6.07, 6.45) is 0. The molecule has 0 aliphatic carbocycles. The van der Waals surface area contributed by atoms with Gasteiger partial charge in [-0.2, -0.15) is 0 Å². The first-order valence-corrected chi connectivity index (χ1v) is 12.6. The normalized spacial score (nSPS) is 16.6. The summed E-state index contributed by atoms with van der Waals surface area (Å²) in [5, 5.41) is 0. The van der Waals surface area contributed by atoms with Gasteiger partial charge in [-0.15, -0.1) is 0 Å². The molecule has 0 saturated heterocycles. The molecular weight excluding hydrogens is 484 g/mol. The van der Waals surface area contributed by atoms with E-state index < -0.39 is 79.9 Å². The number of carbonyl (C=O) groups excluding carboxylic acids is 4. The number of carbonyl (C=O) groups is 4. The molecule has 8 N–H and O–H groups in total. The minimum atomic E-state index is -1.47. The first kappa shape index (κ1) is 34.7. The summed E-state index contributed by atoms with van der Waals surface area (Å²) < 4.78 is 21.7. The highest BCUT2D eigenvalue weighted by Gasteiger charge is 2.40. The molecular formula is C25H48N4O8. The van der Waals surface area contributed by atoms with E-state index in [1.807, 2.05) is 0 Å². The largest absolute Gasteiger partial charge is 0.464 e. The zero-order valence-corrected chi connectivity index (χ0v) is 23.5. The predicted octanol–water partition coefficient (Wildman–Crippen LogP) is 0.0788. The van der Waals surface area contributed by atoms with Crippen LogP contribution in [0.4, 0.5) is 0 Å². The smallest absolute Gasteiger partial charge is 0.323 e. The molecule has 0 fully saturated rings. The van der Waals surface area contributed by atoms with Crippen molar-refractivity contribution in [2.24, 2.45) is 52.0 Å². The highest BCUT2D eigenvalue weighted by molar-refractivity contribution is 5.77. The minimum Gasteiger partial charge on any atom is -0.464 e. The van der Waals surface area contributed by atoms with E-state index in [-0.39, 0.29) is 23.7 Å². The summed E-state index contributed by atoms with van der Waals surface area (Å²) in [7, 11) is 0. The van der Waals surface area contributed by atoms with Crippen LogP contribution in [0, 0.1) is 29.1 Å². The summed E-state index contributed by atoms with van der Waals surface area (Å²) >= 11 is 0. The van der Waals surface area contributed by atoms with Gasteiger partial charge in [0, 0.05) is 0 Å². The van der Waals surface area contributed by atoms with Gasteiger partial charge in [-0.3, -0.25) is 19.2 Å². The lowest BCUT2D eigenvalue weighted by atomic mass is 9.91. The van der Waals surface area contributed by atoms with E-state index in [1.54, 1.807) is 55.4 Å². The number of ether oxygens (including phenoxy) is 4. The number of rotatable bonds is 16. The molecule has 0 aromatic carbocycles. The predicted molar refractivity (Wildman–Crippen MR) is 138 cm³/mol. The molecule has 0 aliphatic rings. The third-order valence-electron chi connectivity index (χ3n) is 6.04. The Morgan fingerprint density at radius 1 is 0.459 bits per heavy atom. The van der Waals surface area contributed by atoms with Crippen LogP contribution in [0.2, 0.25) is 0 Å². The van der Waals surface area contributed by atoms with Gasteiger partial charge >= 0.3 is 23.9 Å². The lowest BCUT2D eigenvalue weighted by Crippen LogP contribution is -2.49. The van der Waals surface area contributed by atoms with Gasteiger partial charge in [0.1, 0.15) is 56.0 Å². The molecule has 4 atom stereocenters. The fourth-order valence-electron chi connectivity index (χ4n) is 2.62. The number of hydrogen-bond donors (Lipinski definition) is 4. The van der Waals surface area contributed by atoms with Gasteiger partial charge in [-0.1, -0.05) is 55.4 Å². The van der Waals surface area contributed by atoms with E-state index in [9.17, 15) is 19.2 Å². The molecule has 0 spiro atoms. The molecule has 0 aliphatic heterocycles. The van der Waals surface area contributed by atoms with Crippen LogP contribution in [-0.2, 0) is 38.1 Å². The van der Waals surface area contributed by atoms with Crippen molar-refractivity contribution >= 4 is 23.9 Å². The van der Waals surface area contributed by atoms with Crippen molar-refractivity contribution in [1.82, 2.24) is 0 Å². The van der Waals surface area contributed by atoms with Gasteiger partial charge in [0.2, 0.25) is 0 Å². The van der Waals surface area contributed by atoms with Gasteiger partial charge in [0.05, 0.1) is 0 Å². The van der Waals surface area contributed by atoms with Crippen molar-refractivity contribution in [3.05, 3.63) is 0 Å². The summed E-state index contributed by atoms with van der Waals surface area (Å²) in [5.41, 5.74) is 22.1. The first-order valence-electron chi connectivity index (χ1n) is 12.6. The number of nitrogens with two attached hydrogens (primary N) is 4. The topological polar surface area (TPSA) is 209 Å². The van der Waals surface area contributed by atoms with E-state index in [0.717, 1.165) is 0 Å². The highest BCUT2D eigenvalue weighted by atomic mass is 16.6. The van der Waals surface area contributed by atoms with Gasteiger partial charge in [-0.05, 0) is 23.7 Å². The second-order valence-electron chi connectivity index (χ2n) is 11.0. The molecule has 37 heavy (non-hydrogen) atoms. The Morgan fingerprint density at radius 3 is 0.757 bits per heavy atom. The van der Waals surface area contributed by atoms with Crippen LogP contribution in [0.1, 0.15) is 55.4 Å². The van der Waals surface area contributed by atoms with Gasteiger partial charge < -0.3 is 41.9 Å². The molecule has 0 amide bonds. The maximum absolute atomic E-state index is 12.5. The van der Waals surface area contributed by atoms with Crippen molar-refractivity contribution in [3.63, 3.8) is 0 Å². The van der Waals surface area contributed by atoms with E-state index in [2.05, 4.69) is 0 Å². The van der Waals surface area contributed by atoms with Crippen molar-refractivity contribution in [2.75, 3.05) is 26.4 Å². The Kier molecular flexibility index (Phi) is 14.9. The monoisotopic (exact) mass is 532 g/mol. The molecule has 0 aromatic heterocycles. The second kappa shape index (κ2) is 15.9. The number of hydrogen-bond acceptors (Lipinski definition) is 12. The molecule has 12 heteroatoms. The standard InChI is InChI=1S/C25H48N4O8/c1-13(2)17(26)21(30)34-9-25(10-35-22(31)18(27)14(3)4,11-36-23(32)19(28)15(5)6)12-37-24(33)20(29)16(7)8/h13-20H,9-12,26-29H2,1-8H3. The van der Waals surface area contributed by atoms with Crippen molar-refractivity contribution in [3.8, 4) is 0 Å². The highest BCUT2D eigenvalue weighted by Crippen LogP contribution is 2.23. The van der Waals surface area contributed by atoms with Gasteiger partial charge in [-0.25, -0.2) is 0 Å². The minimum absolute atomic E-state index is 0.215. The molecule has 0 saturated carbocycles.